The lowest BCUT2D eigenvalue weighted by atomic mass is 10.1. The highest BCUT2D eigenvalue weighted by atomic mass is 32.2. The molecular weight excluding hydrogens is 298 g/mol. The van der Waals surface area contributed by atoms with Gasteiger partial charge in [0, 0.05) is 0 Å². The molecule has 0 saturated heterocycles. The zero-order valence-electron chi connectivity index (χ0n) is 11.2. The standard InChI is InChI=1S/C15H14F2O3S/c1-11-6-5-7-12(10-11)14(18)15(16,17)21(19,20)13-8-3-2-4-9-13/h2-10,14,18H,1H3. The van der Waals surface area contributed by atoms with Crippen LogP contribution in [0.5, 0.6) is 0 Å². The van der Waals surface area contributed by atoms with E-state index in [-0.39, 0.29) is 5.56 Å². The Kier molecular flexibility index (Phi) is 4.11. The van der Waals surface area contributed by atoms with Crippen molar-refractivity contribution in [3.8, 4) is 0 Å². The molecule has 0 heterocycles. The lowest BCUT2D eigenvalue weighted by molar-refractivity contribution is -0.0434. The van der Waals surface area contributed by atoms with Gasteiger partial charge in [-0.1, -0.05) is 48.0 Å². The molecule has 0 aliphatic rings. The lowest BCUT2D eigenvalue weighted by Crippen LogP contribution is -2.36. The predicted molar refractivity (Wildman–Crippen MR) is 74.7 cm³/mol. The second-order valence-electron chi connectivity index (χ2n) is 4.69. The smallest absolute Gasteiger partial charge is 0.379 e. The highest BCUT2D eigenvalue weighted by molar-refractivity contribution is 7.92. The molecule has 0 fully saturated rings. The van der Waals surface area contributed by atoms with Crippen LogP contribution in [0.2, 0.25) is 0 Å². The second-order valence-corrected chi connectivity index (χ2v) is 6.72. The van der Waals surface area contributed by atoms with Crippen molar-refractivity contribution < 1.29 is 22.3 Å². The van der Waals surface area contributed by atoms with Gasteiger partial charge in [-0.25, -0.2) is 8.42 Å². The number of hydrogen-bond donors (Lipinski definition) is 1. The average Bonchev–Trinajstić information content (AvgIpc) is 2.47. The van der Waals surface area contributed by atoms with Gasteiger partial charge in [0.25, 0.3) is 0 Å². The molecule has 0 aromatic heterocycles. The van der Waals surface area contributed by atoms with Crippen LogP contribution in [0.3, 0.4) is 0 Å². The minimum Gasteiger partial charge on any atom is -0.381 e. The van der Waals surface area contributed by atoms with Gasteiger partial charge in [-0.05, 0) is 24.6 Å². The van der Waals surface area contributed by atoms with E-state index in [0.717, 1.165) is 12.1 Å². The van der Waals surface area contributed by atoms with E-state index in [4.69, 9.17) is 0 Å². The minimum absolute atomic E-state index is 0.139. The minimum atomic E-state index is -4.98. The van der Waals surface area contributed by atoms with Crippen LogP contribution in [-0.4, -0.2) is 18.8 Å². The predicted octanol–water partition coefficient (Wildman–Crippen LogP) is 3.10. The first-order valence-corrected chi connectivity index (χ1v) is 7.67. The van der Waals surface area contributed by atoms with Crippen molar-refractivity contribution in [2.75, 3.05) is 0 Å². The van der Waals surface area contributed by atoms with Crippen molar-refractivity contribution in [2.45, 2.75) is 23.2 Å². The van der Waals surface area contributed by atoms with Gasteiger partial charge in [0.1, 0.15) is 0 Å². The summed E-state index contributed by atoms with van der Waals surface area (Å²) in [6.45, 7) is 1.67. The van der Waals surface area contributed by atoms with E-state index in [0.29, 0.717) is 5.56 Å². The van der Waals surface area contributed by atoms with E-state index in [9.17, 15) is 22.3 Å². The number of alkyl halides is 2. The first kappa shape index (κ1) is 15.6. The van der Waals surface area contributed by atoms with Crippen LogP contribution in [0.15, 0.2) is 59.5 Å². The average molecular weight is 312 g/mol. The molecule has 0 radical (unpaired) electrons. The number of sulfone groups is 1. The summed E-state index contributed by atoms with van der Waals surface area (Å²) in [5.74, 6) is 0. The molecule has 6 heteroatoms. The van der Waals surface area contributed by atoms with Crippen LogP contribution < -0.4 is 0 Å². The van der Waals surface area contributed by atoms with Gasteiger partial charge in [-0.2, -0.15) is 8.78 Å². The molecule has 1 N–H and O–H groups in total. The molecule has 0 amide bonds. The van der Waals surface area contributed by atoms with Crippen LogP contribution in [0.4, 0.5) is 8.78 Å². The highest BCUT2D eigenvalue weighted by Crippen LogP contribution is 2.39. The summed E-state index contributed by atoms with van der Waals surface area (Å²) in [7, 11) is -4.98. The fraction of sp³-hybridized carbons (Fsp3) is 0.200. The Bertz CT molecular complexity index is 728. The third-order valence-electron chi connectivity index (χ3n) is 3.09. The van der Waals surface area contributed by atoms with Gasteiger partial charge in [0.15, 0.2) is 6.10 Å². The fourth-order valence-electron chi connectivity index (χ4n) is 1.94. The third kappa shape index (κ3) is 2.82. The number of aliphatic hydroxyl groups excluding tert-OH is 1. The molecule has 1 atom stereocenters. The van der Waals surface area contributed by atoms with E-state index in [1.165, 1.54) is 36.4 Å². The number of aryl methyl sites for hydroxylation is 1. The van der Waals surface area contributed by atoms with Crippen LogP contribution >= 0.6 is 0 Å². The maximum Gasteiger partial charge on any atom is 0.379 e. The number of halogens is 2. The number of benzene rings is 2. The lowest BCUT2D eigenvalue weighted by Gasteiger charge is -2.23. The van der Waals surface area contributed by atoms with Crippen LogP contribution in [-0.2, 0) is 9.84 Å². The van der Waals surface area contributed by atoms with Gasteiger partial charge in [0.05, 0.1) is 4.90 Å². The van der Waals surface area contributed by atoms with Crippen LogP contribution in [0.25, 0.3) is 0 Å². The maximum atomic E-state index is 14.3. The Hall–Kier alpha value is -1.79. The number of rotatable bonds is 4. The van der Waals surface area contributed by atoms with Gasteiger partial charge in [0.2, 0.25) is 9.84 Å². The van der Waals surface area contributed by atoms with Crippen molar-refractivity contribution in [2.24, 2.45) is 0 Å². The Labute approximate surface area is 121 Å². The molecule has 2 rings (SSSR count). The number of hydrogen-bond acceptors (Lipinski definition) is 3. The first-order valence-electron chi connectivity index (χ1n) is 6.19. The van der Waals surface area contributed by atoms with E-state index in [1.807, 2.05) is 0 Å². The van der Waals surface area contributed by atoms with E-state index in [2.05, 4.69) is 0 Å². The SMILES string of the molecule is Cc1cccc(C(O)C(F)(F)S(=O)(=O)c2ccccc2)c1. The molecule has 3 nitrogen and oxygen atoms in total. The summed E-state index contributed by atoms with van der Waals surface area (Å²) in [4.78, 5) is -0.526. The van der Waals surface area contributed by atoms with Crippen molar-refractivity contribution in [1.82, 2.24) is 0 Å². The molecule has 2 aromatic rings. The Morgan fingerprint density at radius 3 is 2.24 bits per heavy atom. The van der Waals surface area contributed by atoms with Crippen molar-refractivity contribution in [3.63, 3.8) is 0 Å². The Morgan fingerprint density at radius 2 is 1.67 bits per heavy atom. The van der Waals surface area contributed by atoms with Gasteiger partial charge in [-0.15, -0.1) is 0 Å². The zero-order chi connectivity index (χ0) is 15.7. The first-order chi connectivity index (χ1) is 9.76. The number of aliphatic hydroxyl groups is 1. The topological polar surface area (TPSA) is 54.4 Å². The summed E-state index contributed by atoms with van der Waals surface area (Å²) in [5.41, 5.74) is 0.513. The highest BCUT2D eigenvalue weighted by Gasteiger charge is 2.53. The molecule has 1 unspecified atom stereocenters. The van der Waals surface area contributed by atoms with Crippen molar-refractivity contribution in [3.05, 3.63) is 65.7 Å². The molecule has 0 bridgehead atoms. The molecular formula is C15H14F2O3S. The summed E-state index contributed by atoms with van der Waals surface area (Å²) in [6, 6.07) is 12.1. The molecule has 0 spiro atoms. The van der Waals surface area contributed by atoms with Gasteiger partial charge in [-0.3, -0.25) is 0 Å². The Balaban J connectivity index is 2.46. The van der Waals surface area contributed by atoms with E-state index >= 15 is 0 Å². The Morgan fingerprint density at radius 1 is 1.05 bits per heavy atom. The van der Waals surface area contributed by atoms with Crippen LogP contribution in [0, 0.1) is 6.92 Å². The molecule has 0 aliphatic heterocycles. The fourth-order valence-corrected chi connectivity index (χ4v) is 3.20. The summed E-state index contributed by atoms with van der Waals surface area (Å²) in [5, 5.41) is 5.52. The summed E-state index contributed by atoms with van der Waals surface area (Å²) < 4.78 is 52.6. The summed E-state index contributed by atoms with van der Waals surface area (Å²) >= 11 is 0. The molecule has 0 aliphatic carbocycles. The maximum absolute atomic E-state index is 14.3. The largest absolute Gasteiger partial charge is 0.381 e. The third-order valence-corrected chi connectivity index (χ3v) is 4.92. The summed E-state index contributed by atoms with van der Waals surface area (Å²) in [6.07, 6.45) is -2.43. The molecule has 112 valence electrons. The van der Waals surface area contributed by atoms with Crippen LogP contribution in [0.1, 0.15) is 17.2 Å². The molecule has 2 aromatic carbocycles. The quantitative estimate of drug-likeness (QED) is 0.944. The van der Waals surface area contributed by atoms with Crippen molar-refractivity contribution in [1.29, 1.82) is 0 Å². The van der Waals surface area contributed by atoms with E-state index in [1.54, 1.807) is 13.0 Å². The second kappa shape index (κ2) is 5.54. The van der Waals surface area contributed by atoms with Gasteiger partial charge >= 0.3 is 5.25 Å². The van der Waals surface area contributed by atoms with Crippen molar-refractivity contribution >= 4 is 9.84 Å². The molecule has 21 heavy (non-hydrogen) atoms. The normalized spacial score (nSPS) is 13.9. The van der Waals surface area contributed by atoms with E-state index < -0.39 is 26.1 Å². The molecule has 0 saturated carbocycles. The van der Waals surface area contributed by atoms with Gasteiger partial charge < -0.3 is 5.11 Å². The zero-order valence-corrected chi connectivity index (χ0v) is 12.0. The monoisotopic (exact) mass is 312 g/mol.